The van der Waals surface area contributed by atoms with Crippen molar-refractivity contribution in [3.05, 3.63) is 64.5 Å². The summed E-state index contributed by atoms with van der Waals surface area (Å²) in [6.07, 6.45) is 3.43. The number of benzene rings is 2. The largest absolute Gasteiger partial charge is 0.489 e. The molecular weight excluding hydrogens is 253 g/mol. The van der Waals surface area contributed by atoms with Crippen LogP contribution in [0.1, 0.15) is 28.7 Å². The van der Waals surface area contributed by atoms with E-state index in [0.29, 0.717) is 11.1 Å². The Morgan fingerprint density at radius 3 is 2.80 bits per heavy atom. The molecule has 0 heterocycles. The van der Waals surface area contributed by atoms with Crippen LogP contribution in [0.4, 0.5) is 4.39 Å². The molecule has 3 heteroatoms. The van der Waals surface area contributed by atoms with Crippen LogP contribution in [0.2, 0.25) is 0 Å². The highest BCUT2D eigenvalue weighted by molar-refractivity contribution is 5.40. The molecule has 1 aliphatic carbocycles. The monoisotopic (exact) mass is 267 g/mol. The fourth-order valence-electron chi connectivity index (χ4n) is 2.59. The van der Waals surface area contributed by atoms with Gasteiger partial charge in [-0.05, 0) is 60.7 Å². The van der Waals surface area contributed by atoms with Crippen molar-refractivity contribution in [1.82, 2.24) is 0 Å². The van der Waals surface area contributed by atoms with E-state index in [-0.39, 0.29) is 12.4 Å². The van der Waals surface area contributed by atoms with E-state index in [2.05, 4.69) is 12.1 Å². The molecule has 20 heavy (non-hydrogen) atoms. The lowest BCUT2D eigenvalue weighted by molar-refractivity contribution is 0.305. The van der Waals surface area contributed by atoms with Crippen LogP contribution in [0.5, 0.6) is 5.75 Å². The van der Waals surface area contributed by atoms with Crippen molar-refractivity contribution in [2.45, 2.75) is 25.9 Å². The van der Waals surface area contributed by atoms with Gasteiger partial charge in [0.1, 0.15) is 18.2 Å². The zero-order chi connectivity index (χ0) is 13.9. The summed E-state index contributed by atoms with van der Waals surface area (Å²) in [7, 11) is 0. The molecule has 0 N–H and O–H groups in total. The number of hydrogen-bond donors (Lipinski definition) is 0. The Balaban J connectivity index is 1.77. The maximum atomic E-state index is 13.2. The van der Waals surface area contributed by atoms with Crippen molar-refractivity contribution in [2.24, 2.45) is 0 Å². The summed E-state index contributed by atoms with van der Waals surface area (Å²) >= 11 is 0. The molecule has 100 valence electrons. The number of nitrogens with zero attached hydrogens (tertiary/aromatic N) is 1. The fraction of sp³-hybridized carbons (Fsp3) is 0.235. The minimum Gasteiger partial charge on any atom is -0.489 e. The average Bonchev–Trinajstić information content (AvgIpc) is 2.92. The van der Waals surface area contributed by atoms with E-state index in [1.165, 1.54) is 35.7 Å². The average molecular weight is 267 g/mol. The van der Waals surface area contributed by atoms with Gasteiger partial charge in [-0.3, -0.25) is 0 Å². The molecule has 0 aromatic heterocycles. The van der Waals surface area contributed by atoms with Gasteiger partial charge in [0, 0.05) is 5.56 Å². The second-order valence-electron chi connectivity index (χ2n) is 4.99. The van der Waals surface area contributed by atoms with E-state index < -0.39 is 0 Å². The molecule has 2 aromatic carbocycles. The summed E-state index contributed by atoms with van der Waals surface area (Å²) in [5, 5.41) is 9.01. The van der Waals surface area contributed by atoms with Gasteiger partial charge >= 0.3 is 0 Å². The minimum absolute atomic E-state index is 0.208. The molecule has 0 unspecified atom stereocenters. The number of rotatable bonds is 3. The standard InChI is InChI=1S/C17H14FNO/c18-16-6-4-14(10-19)15(8-16)11-20-17-7-5-12-2-1-3-13(12)9-17/h4-9H,1-3,11H2. The van der Waals surface area contributed by atoms with Crippen LogP contribution in [0.3, 0.4) is 0 Å². The topological polar surface area (TPSA) is 33.0 Å². The minimum atomic E-state index is -0.350. The van der Waals surface area contributed by atoms with Crippen molar-refractivity contribution < 1.29 is 9.13 Å². The van der Waals surface area contributed by atoms with E-state index >= 15 is 0 Å². The second kappa shape index (κ2) is 5.34. The molecule has 2 nitrogen and oxygen atoms in total. The number of ether oxygens (including phenoxy) is 1. The first-order chi connectivity index (χ1) is 9.76. The highest BCUT2D eigenvalue weighted by atomic mass is 19.1. The van der Waals surface area contributed by atoms with Crippen molar-refractivity contribution in [2.75, 3.05) is 0 Å². The summed E-state index contributed by atoms with van der Waals surface area (Å²) in [5.74, 6) is 0.426. The third-order valence-corrected chi connectivity index (χ3v) is 3.65. The van der Waals surface area contributed by atoms with Gasteiger partial charge in [0.15, 0.2) is 0 Å². The van der Waals surface area contributed by atoms with Crippen LogP contribution in [0.25, 0.3) is 0 Å². The van der Waals surface area contributed by atoms with Crippen LogP contribution < -0.4 is 4.74 Å². The molecule has 0 amide bonds. The van der Waals surface area contributed by atoms with Gasteiger partial charge in [-0.1, -0.05) is 6.07 Å². The van der Waals surface area contributed by atoms with Crippen molar-refractivity contribution >= 4 is 0 Å². The molecule has 0 saturated carbocycles. The van der Waals surface area contributed by atoms with E-state index in [1.54, 1.807) is 0 Å². The van der Waals surface area contributed by atoms with Crippen molar-refractivity contribution in [3.8, 4) is 11.8 Å². The Hall–Kier alpha value is -2.34. The van der Waals surface area contributed by atoms with E-state index in [9.17, 15) is 4.39 Å². The molecular formula is C17H14FNO. The molecule has 2 aromatic rings. The van der Waals surface area contributed by atoms with Gasteiger partial charge in [0.05, 0.1) is 11.6 Å². The maximum Gasteiger partial charge on any atom is 0.123 e. The maximum absolute atomic E-state index is 13.2. The SMILES string of the molecule is N#Cc1ccc(F)cc1COc1ccc2c(c1)CCC2. The lowest BCUT2D eigenvalue weighted by Gasteiger charge is -2.09. The molecule has 0 radical (unpaired) electrons. The van der Waals surface area contributed by atoms with Gasteiger partial charge in [0.25, 0.3) is 0 Å². The van der Waals surface area contributed by atoms with Gasteiger partial charge in [-0.15, -0.1) is 0 Å². The van der Waals surface area contributed by atoms with E-state index in [4.69, 9.17) is 10.00 Å². The van der Waals surface area contributed by atoms with Gasteiger partial charge in [0.2, 0.25) is 0 Å². The van der Waals surface area contributed by atoms with Crippen LogP contribution in [-0.4, -0.2) is 0 Å². The predicted molar refractivity (Wildman–Crippen MR) is 73.9 cm³/mol. The van der Waals surface area contributed by atoms with Gasteiger partial charge < -0.3 is 4.74 Å². The molecule has 0 bridgehead atoms. The third kappa shape index (κ3) is 2.50. The van der Waals surface area contributed by atoms with Gasteiger partial charge in [-0.2, -0.15) is 5.26 Å². The van der Waals surface area contributed by atoms with Crippen LogP contribution in [0.15, 0.2) is 36.4 Å². The summed E-state index contributed by atoms with van der Waals surface area (Å²) in [6.45, 7) is 0.208. The molecule has 3 rings (SSSR count). The normalized spacial score (nSPS) is 12.8. The highest BCUT2D eigenvalue weighted by Crippen LogP contribution is 2.26. The van der Waals surface area contributed by atoms with E-state index in [0.717, 1.165) is 18.6 Å². The summed E-state index contributed by atoms with van der Waals surface area (Å²) < 4.78 is 18.9. The number of aryl methyl sites for hydroxylation is 2. The summed E-state index contributed by atoms with van der Waals surface area (Å²) in [6, 6.07) is 12.3. The van der Waals surface area contributed by atoms with Crippen molar-refractivity contribution in [3.63, 3.8) is 0 Å². The molecule has 0 spiro atoms. The molecule has 0 fully saturated rings. The second-order valence-corrected chi connectivity index (χ2v) is 4.99. The van der Waals surface area contributed by atoms with Crippen LogP contribution >= 0.6 is 0 Å². The predicted octanol–water partition coefficient (Wildman–Crippen LogP) is 3.77. The first-order valence-electron chi connectivity index (χ1n) is 6.69. The number of halogens is 1. The van der Waals surface area contributed by atoms with E-state index in [1.807, 2.05) is 12.1 Å². The Labute approximate surface area is 117 Å². The first kappa shape index (κ1) is 12.7. The Morgan fingerprint density at radius 1 is 1.10 bits per heavy atom. The van der Waals surface area contributed by atoms with Crippen LogP contribution in [0, 0.1) is 17.1 Å². The smallest absolute Gasteiger partial charge is 0.123 e. The Bertz CT molecular complexity index is 688. The summed E-state index contributed by atoms with van der Waals surface area (Å²) in [5.41, 5.74) is 3.75. The quantitative estimate of drug-likeness (QED) is 0.848. The highest BCUT2D eigenvalue weighted by Gasteiger charge is 2.11. The summed E-state index contributed by atoms with van der Waals surface area (Å²) in [4.78, 5) is 0. The van der Waals surface area contributed by atoms with Gasteiger partial charge in [-0.25, -0.2) is 4.39 Å². The molecule has 1 aliphatic rings. The Kier molecular flexibility index (Phi) is 3.39. The molecule has 0 saturated heterocycles. The number of fused-ring (bicyclic) bond motifs is 1. The van der Waals surface area contributed by atoms with Crippen molar-refractivity contribution in [1.29, 1.82) is 5.26 Å². The first-order valence-corrected chi connectivity index (χ1v) is 6.69. The lowest BCUT2D eigenvalue weighted by Crippen LogP contribution is -1.99. The number of hydrogen-bond acceptors (Lipinski definition) is 2. The van der Waals surface area contributed by atoms with Crippen LogP contribution in [-0.2, 0) is 19.4 Å². The Morgan fingerprint density at radius 2 is 1.95 bits per heavy atom. The molecule has 0 atom stereocenters. The third-order valence-electron chi connectivity index (χ3n) is 3.65. The zero-order valence-electron chi connectivity index (χ0n) is 11.0. The lowest BCUT2D eigenvalue weighted by atomic mass is 10.1. The number of nitriles is 1. The molecule has 0 aliphatic heterocycles. The fourth-order valence-corrected chi connectivity index (χ4v) is 2.59. The zero-order valence-corrected chi connectivity index (χ0v) is 11.0.